The molecule has 0 aliphatic carbocycles. The molecule has 2 nitrogen and oxygen atoms in total. The minimum atomic E-state index is 0.0488. The molecule has 0 fully saturated rings. The number of hydrogen-bond acceptors (Lipinski definition) is 3. The van der Waals surface area contributed by atoms with E-state index in [1.165, 1.54) is 11.3 Å². The molecule has 18 heavy (non-hydrogen) atoms. The molecule has 0 aliphatic heterocycles. The van der Waals surface area contributed by atoms with Crippen molar-refractivity contribution in [1.82, 2.24) is 0 Å². The van der Waals surface area contributed by atoms with Crippen LogP contribution in [0.1, 0.15) is 28.6 Å². The van der Waals surface area contributed by atoms with E-state index in [4.69, 9.17) is 4.74 Å². The van der Waals surface area contributed by atoms with Gasteiger partial charge in [0, 0.05) is 5.56 Å². The quantitative estimate of drug-likeness (QED) is 0.755. The number of carbonyl (C=O) groups is 1. The molecular weight excluding hydrogens is 312 g/mol. The van der Waals surface area contributed by atoms with Crippen LogP contribution in [0.5, 0.6) is 5.75 Å². The van der Waals surface area contributed by atoms with E-state index in [2.05, 4.69) is 22.9 Å². The van der Waals surface area contributed by atoms with Gasteiger partial charge >= 0.3 is 0 Å². The van der Waals surface area contributed by atoms with Gasteiger partial charge in [-0.1, -0.05) is 6.92 Å². The summed E-state index contributed by atoms with van der Waals surface area (Å²) in [6.07, 6.45) is 0.976. The first-order chi connectivity index (χ1) is 8.70. The summed E-state index contributed by atoms with van der Waals surface area (Å²) < 4.78 is 6.45. The van der Waals surface area contributed by atoms with Crippen molar-refractivity contribution in [1.29, 1.82) is 0 Å². The summed E-state index contributed by atoms with van der Waals surface area (Å²) in [7, 11) is 0. The van der Waals surface area contributed by atoms with E-state index >= 15 is 0 Å². The Morgan fingerprint density at radius 3 is 2.50 bits per heavy atom. The number of ketones is 1. The fourth-order valence-electron chi connectivity index (χ4n) is 1.50. The Bertz CT molecular complexity index is 531. The number of benzene rings is 1. The van der Waals surface area contributed by atoms with Gasteiger partial charge in [-0.2, -0.15) is 0 Å². The van der Waals surface area contributed by atoms with Gasteiger partial charge < -0.3 is 4.74 Å². The van der Waals surface area contributed by atoms with Crippen LogP contribution in [-0.2, 0) is 0 Å². The van der Waals surface area contributed by atoms with Crippen LogP contribution in [-0.4, -0.2) is 12.4 Å². The highest BCUT2D eigenvalue weighted by Gasteiger charge is 2.11. The van der Waals surface area contributed by atoms with E-state index < -0.39 is 0 Å². The van der Waals surface area contributed by atoms with Crippen molar-refractivity contribution < 1.29 is 9.53 Å². The van der Waals surface area contributed by atoms with Crippen molar-refractivity contribution in [3.63, 3.8) is 0 Å². The van der Waals surface area contributed by atoms with Crippen LogP contribution in [0.2, 0.25) is 0 Å². The Morgan fingerprint density at radius 1 is 1.22 bits per heavy atom. The van der Waals surface area contributed by atoms with E-state index in [1.807, 2.05) is 24.3 Å². The van der Waals surface area contributed by atoms with Crippen molar-refractivity contribution in [2.45, 2.75) is 13.3 Å². The minimum absolute atomic E-state index is 0.0488. The standard InChI is InChI=1S/C14H13BrO2S/c1-2-9-17-11-5-3-10(4-6-11)14(16)12-7-8-13(15)18-12/h3-8H,2,9H2,1H3. The fourth-order valence-corrected chi connectivity index (χ4v) is 2.85. The zero-order valence-corrected chi connectivity index (χ0v) is 12.4. The lowest BCUT2D eigenvalue weighted by molar-refractivity contribution is 0.104. The molecule has 1 heterocycles. The largest absolute Gasteiger partial charge is 0.494 e. The number of rotatable bonds is 5. The lowest BCUT2D eigenvalue weighted by Crippen LogP contribution is -1.99. The first kappa shape index (κ1) is 13.3. The van der Waals surface area contributed by atoms with E-state index in [9.17, 15) is 4.79 Å². The number of thiophene rings is 1. The van der Waals surface area contributed by atoms with Gasteiger partial charge in [-0.3, -0.25) is 4.79 Å². The number of ether oxygens (including phenoxy) is 1. The highest BCUT2D eigenvalue weighted by atomic mass is 79.9. The van der Waals surface area contributed by atoms with Gasteiger partial charge in [0.1, 0.15) is 5.75 Å². The minimum Gasteiger partial charge on any atom is -0.494 e. The van der Waals surface area contributed by atoms with Crippen LogP contribution in [0.25, 0.3) is 0 Å². The Labute approximate surface area is 119 Å². The lowest BCUT2D eigenvalue weighted by atomic mass is 10.1. The lowest BCUT2D eigenvalue weighted by Gasteiger charge is -2.04. The summed E-state index contributed by atoms with van der Waals surface area (Å²) in [5, 5.41) is 0. The molecule has 4 heteroatoms. The smallest absolute Gasteiger partial charge is 0.202 e. The normalized spacial score (nSPS) is 10.3. The summed E-state index contributed by atoms with van der Waals surface area (Å²) in [6.45, 7) is 2.76. The molecule has 0 spiro atoms. The van der Waals surface area contributed by atoms with Gasteiger partial charge in [0.25, 0.3) is 0 Å². The average molecular weight is 325 g/mol. The molecule has 1 aromatic carbocycles. The van der Waals surface area contributed by atoms with Crippen LogP contribution >= 0.6 is 27.3 Å². The Kier molecular flexibility index (Phi) is 4.55. The summed E-state index contributed by atoms with van der Waals surface area (Å²) in [6, 6.07) is 11.0. The second-order valence-corrected chi connectivity index (χ2v) is 6.27. The molecule has 0 bridgehead atoms. The third-order valence-electron chi connectivity index (χ3n) is 2.39. The van der Waals surface area contributed by atoms with Crippen molar-refractivity contribution in [2.24, 2.45) is 0 Å². The maximum atomic E-state index is 12.1. The zero-order valence-electron chi connectivity index (χ0n) is 9.98. The molecule has 0 saturated carbocycles. The second kappa shape index (κ2) is 6.16. The highest BCUT2D eigenvalue weighted by Crippen LogP contribution is 2.25. The highest BCUT2D eigenvalue weighted by molar-refractivity contribution is 9.11. The SMILES string of the molecule is CCCOc1ccc(C(=O)c2ccc(Br)s2)cc1. The molecular formula is C14H13BrO2S. The van der Waals surface area contributed by atoms with Gasteiger partial charge in [0.2, 0.25) is 5.78 Å². The fraction of sp³-hybridized carbons (Fsp3) is 0.214. The predicted octanol–water partition coefficient (Wildman–Crippen LogP) is 4.53. The Morgan fingerprint density at radius 2 is 1.94 bits per heavy atom. The molecule has 2 aromatic rings. The molecule has 2 rings (SSSR count). The first-order valence-electron chi connectivity index (χ1n) is 5.73. The van der Waals surface area contributed by atoms with Gasteiger partial charge in [-0.05, 0) is 58.7 Å². The van der Waals surface area contributed by atoms with Gasteiger partial charge in [-0.15, -0.1) is 11.3 Å². The van der Waals surface area contributed by atoms with Crippen LogP contribution in [0.4, 0.5) is 0 Å². The molecule has 0 amide bonds. The van der Waals surface area contributed by atoms with Crippen molar-refractivity contribution in [2.75, 3.05) is 6.61 Å². The average Bonchev–Trinajstić information content (AvgIpc) is 2.83. The molecule has 0 aliphatic rings. The van der Waals surface area contributed by atoms with Gasteiger partial charge in [-0.25, -0.2) is 0 Å². The van der Waals surface area contributed by atoms with E-state index in [1.54, 1.807) is 12.1 Å². The van der Waals surface area contributed by atoms with Crippen LogP contribution in [0.3, 0.4) is 0 Å². The van der Waals surface area contributed by atoms with E-state index in [0.29, 0.717) is 12.2 Å². The summed E-state index contributed by atoms with van der Waals surface area (Å²) in [4.78, 5) is 12.9. The summed E-state index contributed by atoms with van der Waals surface area (Å²) in [5.74, 6) is 0.855. The topological polar surface area (TPSA) is 26.3 Å². The number of hydrogen-bond donors (Lipinski definition) is 0. The number of carbonyl (C=O) groups excluding carboxylic acids is 1. The molecule has 0 saturated heterocycles. The first-order valence-corrected chi connectivity index (χ1v) is 7.34. The number of halogens is 1. The maximum absolute atomic E-state index is 12.1. The molecule has 1 aromatic heterocycles. The third-order valence-corrected chi connectivity index (χ3v) is 4.01. The van der Waals surface area contributed by atoms with Crippen molar-refractivity contribution in [3.05, 3.63) is 50.6 Å². The van der Waals surface area contributed by atoms with Crippen LogP contribution < -0.4 is 4.74 Å². The molecule has 94 valence electrons. The Balaban J connectivity index is 2.12. The third kappa shape index (κ3) is 3.21. The predicted molar refractivity (Wildman–Crippen MR) is 77.7 cm³/mol. The maximum Gasteiger partial charge on any atom is 0.202 e. The van der Waals surface area contributed by atoms with E-state index in [-0.39, 0.29) is 5.78 Å². The van der Waals surface area contributed by atoms with Crippen molar-refractivity contribution in [3.8, 4) is 5.75 Å². The monoisotopic (exact) mass is 324 g/mol. The van der Waals surface area contributed by atoms with Gasteiger partial charge in [0.05, 0.1) is 15.3 Å². The van der Waals surface area contributed by atoms with Gasteiger partial charge in [0.15, 0.2) is 0 Å². The molecule has 0 N–H and O–H groups in total. The van der Waals surface area contributed by atoms with Crippen LogP contribution in [0.15, 0.2) is 40.2 Å². The Hall–Kier alpha value is -1.13. The summed E-state index contributed by atoms with van der Waals surface area (Å²) in [5.41, 5.74) is 0.688. The zero-order chi connectivity index (χ0) is 13.0. The molecule has 0 unspecified atom stereocenters. The summed E-state index contributed by atoms with van der Waals surface area (Å²) >= 11 is 4.80. The second-order valence-electron chi connectivity index (χ2n) is 3.81. The molecule has 0 radical (unpaired) electrons. The molecule has 0 atom stereocenters. The van der Waals surface area contributed by atoms with Crippen molar-refractivity contribution >= 4 is 33.0 Å². The van der Waals surface area contributed by atoms with E-state index in [0.717, 1.165) is 20.8 Å². The van der Waals surface area contributed by atoms with Crippen LogP contribution in [0, 0.1) is 0 Å².